The van der Waals surface area contributed by atoms with Crippen LogP contribution in [-0.4, -0.2) is 49.1 Å². The maximum Gasteiger partial charge on any atom is 0.332 e. The highest BCUT2D eigenvalue weighted by Crippen LogP contribution is 2.22. The number of hydrogen-bond acceptors (Lipinski definition) is 5. The van der Waals surface area contributed by atoms with E-state index in [0.29, 0.717) is 30.7 Å². The molecule has 0 radical (unpaired) electrons. The van der Waals surface area contributed by atoms with Crippen molar-refractivity contribution in [2.75, 3.05) is 19.6 Å². The molecular weight excluding hydrogens is 396 g/mol. The molecule has 0 aromatic carbocycles. The molecule has 1 aliphatic heterocycles. The third-order valence-electron chi connectivity index (χ3n) is 5.30. The van der Waals surface area contributed by atoms with Crippen molar-refractivity contribution < 1.29 is 4.79 Å². The number of aryl methyl sites for hydroxylation is 1. The van der Waals surface area contributed by atoms with Gasteiger partial charge in [-0.25, -0.2) is 4.79 Å². The summed E-state index contributed by atoms with van der Waals surface area (Å²) >= 11 is 0. The minimum absolute atomic E-state index is 0. The molecule has 29 heavy (non-hydrogen) atoms. The largest absolute Gasteiger partial charge is 0.332 e. The summed E-state index contributed by atoms with van der Waals surface area (Å²) in [6, 6.07) is 5.37. The summed E-state index contributed by atoms with van der Waals surface area (Å²) in [5.41, 5.74) is 0.649. The molecule has 10 heteroatoms. The maximum absolute atomic E-state index is 13.1. The van der Waals surface area contributed by atoms with Gasteiger partial charge in [0, 0.05) is 52.3 Å². The number of fused-ring (bicyclic) bond motifs is 1. The van der Waals surface area contributed by atoms with Gasteiger partial charge in [-0.05, 0) is 17.7 Å². The Hall–Kier alpha value is -2.91. The number of piperazine rings is 1. The van der Waals surface area contributed by atoms with Crippen LogP contribution in [0, 0.1) is 0 Å². The zero-order valence-corrected chi connectivity index (χ0v) is 17.1. The monoisotopic (exact) mass is 418 g/mol. The van der Waals surface area contributed by atoms with Crippen LogP contribution in [-0.2, 0) is 25.4 Å². The number of hydrogen-bond donors (Lipinski definition) is 1. The van der Waals surface area contributed by atoms with E-state index in [4.69, 9.17) is 0 Å². The number of pyridine rings is 1. The first kappa shape index (κ1) is 20.8. The molecule has 1 unspecified atom stereocenters. The second-order valence-electron chi connectivity index (χ2n) is 6.98. The third-order valence-corrected chi connectivity index (χ3v) is 5.30. The van der Waals surface area contributed by atoms with E-state index in [1.807, 2.05) is 17.0 Å². The van der Waals surface area contributed by atoms with Crippen molar-refractivity contribution in [2.24, 2.45) is 14.1 Å². The van der Waals surface area contributed by atoms with Crippen LogP contribution in [0.15, 0.2) is 46.4 Å². The van der Waals surface area contributed by atoms with Gasteiger partial charge < -0.3 is 14.8 Å². The lowest BCUT2D eigenvalue weighted by atomic mass is 10.1. The molecular formula is C19H23ClN6O3. The van der Waals surface area contributed by atoms with Crippen LogP contribution in [0.25, 0.3) is 11.0 Å². The minimum Gasteiger partial charge on any atom is -0.331 e. The molecule has 0 bridgehead atoms. The van der Waals surface area contributed by atoms with E-state index in [2.05, 4.69) is 10.3 Å². The predicted molar refractivity (Wildman–Crippen MR) is 111 cm³/mol. The molecule has 3 aromatic rings. The standard InChI is InChI=1S/C19H22N6O3.ClH/c1-22-17-14(18(27)23(2)19(22)28)5-8-24(17)12-16(26)25-9-7-21-11-15(25)13-4-3-6-20-10-13;/h3-6,8,10,15,21H,7,9,11-12H2,1-2H3;1H. The number of rotatable bonds is 3. The van der Waals surface area contributed by atoms with Crippen molar-refractivity contribution in [1.29, 1.82) is 0 Å². The van der Waals surface area contributed by atoms with Gasteiger partial charge in [-0.2, -0.15) is 0 Å². The number of nitrogens with zero attached hydrogens (tertiary/aromatic N) is 5. The molecule has 1 N–H and O–H groups in total. The first-order chi connectivity index (χ1) is 13.5. The van der Waals surface area contributed by atoms with Crippen LogP contribution < -0.4 is 16.6 Å². The first-order valence-electron chi connectivity index (χ1n) is 9.14. The Kier molecular flexibility index (Phi) is 5.90. The van der Waals surface area contributed by atoms with Gasteiger partial charge in [0.2, 0.25) is 5.91 Å². The maximum atomic E-state index is 13.1. The lowest BCUT2D eigenvalue weighted by Gasteiger charge is -2.36. The van der Waals surface area contributed by atoms with Gasteiger partial charge in [-0.15, -0.1) is 12.4 Å². The van der Waals surface area contributed by atoms with Gasteiger partial charge in [-0.1, -0.05) is 6.07 Å². The van der Waals surface area contributed by atoms with Gasteiger partial charge in [0.15, 0.2) is 0 Å². The molecule has 1 saturated heterocycles. The molecule has 1 amide bonds. The Morgan fingerprint density at radius 2 is 2.03 bits per heavy atom. The quantitative estimate of drug-likeness (QED) is 0.647. The summed E-state index contributed by atoms with van der Waals surface area (Å²) in [4.78, 5) is 43.8. The Labute approximate surface area is 173 Å². The molecule has 1 aliphatic rings. The van der Waals surface area contributed by atoms with E-state index in [0.717, 1.165) is 10.1 Å². The molecule has 3 aromatic heterocycles. The average molecular weight is 419 g/mol. The summed E-state index contributed by atoms with van der Waals surface area (Å²) in [5, 5.41) is 3.74. The zero-order valence-electron chi connectivity index (χ0n) is 16.2. The molecule has 9 nitrogen and oxygen atoms in total. The molecule has 0 saturated carbocycles. The van der Waals surface area contributed by atoms with E-state index in [1.165, 1.54) is 11.6 Å². The van der Waals surface area contributed by atoms with Crippen LogP contribution in [0.1, 0.15) is 11.6 Å². The number of halogens is 1. The lowest BCUT2D eigenvalue weighted by Crippen LogP contribution is -2.49. The fourth-order valence-electron chi connectivity index (χ4n) is 3.83. The highest BCUT2D eigenvalue weighted by Gasteiger charge is 2.28. The van der Waals surface area contributed by atoms with Gasteiger partial charge in [-0.3, -0.25) is 23.7 Å². The van der Waals surface area contributed by atoms with Gasteiger partial charge in [0.25, 0.3) is 5.56 Å². The van der Waals surface area contributed by atoms with Crippen LogP contribution >= 0.6 is 12.4 Å². The average Bonchev–Trinajstić information content (AvgIpc) is 3.15. The van der Waals surface area contributed by atoms with Gasteiger partial charge in [0.1, 0.15) is 12.2 Å². The van der Waals surface area contributed by atoms with E-state index in [9.17, 15) is 14.4 Å². The number of carbonyl (C=O) groups excluding carboxylic acids is 1. The Morgan fingerprint density at radius 1 is 1.24 bits per heavy atom. The Balaban J connectivity index is 0.00000240. The summed E-state index contributed by atoms with van der Waals surface area (Å²) in [5.74, 6) is -0.0685. The SMILES string of the molecule is Cl.Cn1c(=O)c2ccn(CC(=O)N3CCNCC3c3cccnc3)c2n(C)c1=O. The molecule has 4 heterocycles. The highest BCUT2D eigenvalue weighted by molar-refractivity contribution is 5.85. The minimum atomic E-state index is -0.416. The van der Waals surface area contributed by atoms with Crippen molar-refractivity contribution in [3.63, 3.8) is 0 Å². The normalized spacial score (nSPS) is 16.6. The fraction of sp³-hybridized carbons (Fsp3) is 0.368. The van der Waals surface area contributed by atoms with E-state index in [-0.39, 0.29) is 36.5 Å². The summed E-state index contributed by atoms with van der Waals surface area (Å²) < 4.78 is 4.15. The second-order valence-corrected chi connectivity index (χ2v) is 6.98. The van der Waals surface area contributed by atoms with Crippen molar-refractivity contribution in [3.05, 3.63) is 63.2 Å². The van der Waals surface area contributed by atoms with E-state index in [1.54, 1.807) is 36.3 Å². The Bertz CT molecular complexity index is 1150. The Morgan fingerprint density at radius 3 is 2.76 bits per heavy atom. The molecule has 0 spiro atoms. The first-order valence-corrected chi connectivity index (χ1v) is 9.14. The van der Waals surface area contributed by atoms with Crippen molar-refractivity contribution in [1.82, 2.24) is 28.9 Å². The van der Waals surface area contributed by atoms with Crippen molar-refractivity contribution in [3.8, 4) is 0 Å². The number of amides is 1. The topological polar surface area (TPSA) is 94.2 Å². The van der Waals surface area contributed by atoms with Crippen LogP contribution in [0.3, 0.4) is 0 Å². The third kappa shape index (κ3) is 3.58. The molecule has 4 rings (SSSR count). The van der Waals surface area contributed by atoms with Gasteiger partial charge >= 0.3 is 5.69 Å². The molecule has 154 valence electrons. The molecule has 1 fully saturated rings. The van der Waals surface area contributed by atoms with Crippen LogP contribution in [0.2, 0.25) is 0 Å². The zero-order chi connectivity index (χ0) is 19.8. The van der Waals surface area contributed by atoms with E-state index < -0.39 is 5.69 Å². The highest BCUT2D eigenvalue weighted by atomic mass is 35.5. The molecule has 0 aliphatic carbocycles. The van der Waals surface area contributed by atoms with Crippen molar-refractivity contribution >= 4 is 29.3 Å². The van der Waals surface area contributed by atoms with Crippen LogP contribution in [0.4, 0.5) is 0 Å². The summed E-state index contributed by atoms with van der Waals surface area (Å²) in [6.07, 6.45) is 5.17. The number of nitrogens with one attached hydrogen (secondary N) is 1. The lowest BCUT2D eigenvalue weighted by molar-refractivity contribution is -0.135. The van der Waals surface area contributed by atoms with Gasteiger partial charge in [0.05, 0.1) is 11.4 Å². The van der Waals surface area contributed by atoms with Crippen LogP contribution in [0.5, 0.6) is 0 Å². The number of aromatic nitrogens is 4. The number of carbonyl (C=O) groups is 1. The summed E-state index contributed by atoms with van der Waals surface area (Å²) in [7, 11) is 3.06. The van der Waals surface area contributed by atoms with E-state index >= 15 is 0 Å². The summed E-state index contributed by atoms with van der Waals surface area (Å²) in [6.45, 7) is 2.01. The molecule has 1 atom stereocenters. The van der Waals surface area contributed by atoms with Crippen molar-refractivity contribution in [2.45, 2.75) is 12.6 Å². The predicted octanol–water partition coefficient (Wildman–Crippen LogP) is 0.0286. The fourth-order valence-corrected chi connectivity index (χ4v) is 3.83. The smallest absolute Gasteiger partial charge is 0.331 e. The second kappa shape index (κ2) is 8.22.